The number of nitrogens with zero attached hydrogens (tertiary/aromatic N) is 3. The molecule has 1 amide bonds. The maximum atomic E-state index is 12.8. The van der Waals surface area contributed by atoms with E-state index in [9.17, 15) is 20.0 Å². The molecule has 2 heterocycles. The summed E-state index contributed by atoms with van der Waals surface area (Å²) in [7, 11) is 0. The number of nitro groups is 1. The second-order valence-corrected chi connectivity index (χ2v) is 7.32. The molecule has 0 spiro atoms. The zero-order valence-corrected chi connectivity index (χ0v) is 16.2. The topological polar surface area (TPSA) is 118 Å². The van der Waals surface area contributed by atoms with Gasteiger partial charge in [0.05, 0.1) is 32.8 Å². The van der Waals surface area contributed by atoms with Gasteiger partial charge in [0.1, 0.15) is 5.75 Å². The molecule has 0 aliphatic rings. The van der Waals surface area contributed by atoms with Crippen LogP contribution in [0.4, 0.5) is 5.00 Å². The maximum Gasteiger partial charge on any atom is 0.324 e. The van der Waals surface area contributed by atoms with Crippen molar-refractivity contribution in [2.24, 2.45) is 5.10 Å². The first-order chi connectivity index (χ1) is 14.5. The number of amides is 1. The number of hydrazone groups is 1. The molecule has 0 saturated carbocycles. The highest BCUT2D eigenvalue weighted by Crippen LogP contribution is 2.33. The van der Waals surface area contributed by atoms with E-state index >= 15 is 0 Å². The summed E-state index contributed by atoms with van der Waals surface area (Å²) in [6.45, 7) is 0. The first-order valence-corrected chi connectivity index (χ1v) is 9.60. The summed E-state index contributed by atoms with van der Waals surface area (Å²) in [5, 5.41) is 24.9. The molecule has 30 heavy (non-hydrogen) atoms. The van der Waals surface area contributed by atoms with E-state index in [2.05, 4.69) is 15.5 Å². The van der Waals surface area contributed by atoms with Gasteiger partial charge in [0.15, 0.2) is 0 Å². The fourth-order valence-corrected chi connectivity index (χ4v) is 3.62. The minimum atomic E-state index is -0.457. The van der Waals surface area contributed by atoms with Crippen LogP contribution in [0.1, 0.15) is 15.9 Å². The average Bonchev–Trinajstić information content (AvgIpc) is 3.25. The predicted octanol–water partition coefficient (Wildman–Crippen LogP) is 4.34. The maximum absolute atomic E-state index is 12.8. The lowest BCUT2D eigenvalue weighted by Gasteiger charge is -2.07. The molecule has 148 valence electrons. The first kappa shape index (κ1) is 19.2. The third-order valence-corrected chi connectivity index (χ3v) is 5.32. The molecule has 0 atom stereocenters. The number of fused-ring (bicyclic) bond motifs is 1. The second-order valence-electron chi connectivity index (χ2n) is 6.26. The van der Waals surface area contributed by atoms with Gasteiger partial charge in [-0.25, -0.2) is 10.4 Å². The summed E-state index contributed by atoms with van der Waals surface area (Å²) in [6.07, 6.45) is 1.46. The zero-order valence-electron chi connectivity index (χ0n) is 15.4. The number of para-hydroxylation sites is 1. The van der Waals surface area contributed by atoms with Gasteiger partial charge in [-0.2, -0.15) is 5.10 Å². The van der Waals surface area contributed by atoms with Crippen LogP contribution in [0.2, 0.25) is 0 Å². The van der Waals surface area contributed by atoms with Crippen molar-refractivity contribution in [1.29, 1.82) is 0 Å². The number of rotatable bonds is 5. The SMILES string of the molecule is O=C(NN=Cc1ccc(O)cc1)c1cc(-c2ccc([N+](=O)[O-])s2)nc2ccccc12. The number of aromatic nitrogens is 1. The number of benzene rings is 2. The monoisotopic (exact) mass is 418 g/mol. The minimum Gasteiger partial charge on any atom is -0.508 e. The Morgan fingerprint density at radius 1 is 1.13 bits per heavy atom. The molecule has 2 aromatic heterocycles. The van der Waals surface area contributed by atoms with Gasteiger partial charge >= 0.3 is 5.00 Å². The molecule has 2 aromatic carbocycles. The number of phenolic OH excluding ortho intramolecular Hbond substituents is 1. The van der Waals surface area contributed by atoms with E-state index in [0.29, 0.717) is 32.6 Å². The predicted molar refractivity (Wildman–Crippen MR) is 115 cm³/mol. The molecular formula is C21H14N4O4S. The molecular weight excluding hydrogens is 404 g/mol. The molecule has 0 unspecified atom stereocenters. The smallest absolute Gasteiger partial charge is 0.324 e. The fraction of sp³-hybridized carbons (Fsp3) is 0. The Morgan fingerprint density at radius 2 is 1.90 bits per heavy atom. The lowest BCUT2D eigenvalue weighted by molar-refractivity contribution is -0.380. The van der Waals surface area contributed by atoms with Crippen LogP contribution in [0.5, 0.6) is 5.75 Å². The number of hydrogen-bond acceptors (Lipinski definition) is 7. The van der Waals surface area contributed by atoms with Gasteiger partial charge in [-0.1, -0.05) is 29.5 Å². The largest absolute Gasteiger partial charge is 0.508 e. The van der Waals surface area contributed by atoms with Crippen molar-refractivity contribution in [2.45, 2.75) is 0 Å². The van der Waals surface area contributed by atoms with Gasteiger partial charge in [-0.15, -0.1) is 0 Å². The Balaban J connectivity index is 1.67. The second kappa shape index (κ2) is 8.10. The lowest BCUT2D eigenvalue weighted by Crippen LogP contribution is -2.18. The van der Waals surface area contributed by atoms with Crippen LogP contribution in [-0.4, -0.2) is 27.1 Å². The standard InChI is InChI=1S/C21H14N4O4S/c26-14-7-5-13(6-8-14)12-22-24-21(27)16-11-18(19-9-10-20(30-19)25(28)29)23-17-4-2-1-3-15(16)17/h1-12,26H,(H,24,27). The summed E-state index contributed by atoms with van der Waals surface area (Å²) in [6, 6.07) is 18.2. The van der Waals surface area contributed by atoms with Crippen molar-refractivity contribution >= 4 is 39.4 Å². The summed E-state index contributed by atoms with van der Waals surface area (Å²) in [4.78, 5) is 28.5. The van der Waals surface area contributed by atoms with E-state index in [4.69, 9.17) is 0 Å². The summed E-state index contributed by atoms with van der Waals surface area (Å²) >= 11 is 0.996. The third kappa shape index (κ3) is 4.01. The van der Waals surface area contributed by atoms with E-state index < -0.39 is 10.8 Å². The van der Waals surface area contributed by atoms with Gasteiger partial charge < -0.3 is 5.11 Å². The van der Waals surface area contributed by atoms with Crippen molar-refractivity contribution in [3.8, 4) is 16.3 Å². The van der Waals surface area contributed by atoms with E-state index in [-0.39, 0.29) is 10.8 Å². The number of phenols is 1. The molecule has 8 nitrogen and oxygen atoms in total. The molecule has 4 rings (SSSR count). The Labute approximate surface area is 174 Å². The highest BCUT2D eigenvalue weighted by molar-refractivity contribution is 7.18. The van der Waals surface area contributed by atoms with Crippen molar-refractivity contribution < 1.29 is 14.8 Å². The van der Waals surface area contributed by atoms with Crippen molar-refractivity contribution in [2.75, 3.05) is 0 Å². The molecule has 0 aliphatic heterocycles. The third-order valence-electron chi connectivity index (χ3n) is 4.26. The normalized spacial score (nSPS) is 11.1. The van der Waals surface area contributed by atoms with E-state index in [1.807, 2.05) is 0 Å². The molecule has 0 radical (unpaired) electrons. The van der Waals surface area contributed by atoms with Crippen LogP contribution in [0.25, 0.3) is 21.5 Å². The highest BCUT2D eigenvalue weighted by atomic mass is 32.1. The Bertz CT molecular complexity index is 1280. The van der Waals surface area contributed by atoms with Gasteiger partial charge in [-0.05, 0) is 48.0 Å². The van der Waals surface area contributed by atoms with Crippen LogP contribution in [0, 0.1) is 10.1 Å². The van der Waals surface area contributed by atoms with Gasteiger partial charge in [0.25, 0.3) is 5.91 Å². The van der Waals surface area contributed by atoms with E-state index in [1.54, 1.807) is 48.5 Å². The van der Waals surface area contributed by atoms with Crippen molar-refractivity contribution in [3.63, 3.8) is 0 Å². The fourth-order valence-electron chi connectivity index (χ4n) is 2.84. The van der Waals surface area contributed by atoms with Gasteiger partial charge in [0, 0.05) is 11.5 Å². The quantitative estimate of drug-likeness (QED) is 0.284. The number of carbonyl (C=O) groups excluding carboxylic acids is 1. The lowest BCUT2D eigenvalue weighted by atomic mass is 10.1. The van der Waals surface area contributed by atoms with Crippen LogP contribution >= 0.6 is 11.3 Å². The zero-order chi connectivity index (χ0) is 21.1. The summed E-state index contributed by atoms with van der Waals surface area (Å²) in [5.41, 5.74) is 4.62. The molecule has 0 bridgehead atoms. The van der Waals surface area contributed by atoms with Crippen molar-refractivity contribution in [3.05, 3.63) is 88.0 Å². The van der Waals surface area contributed by atoms with Crippen molar-refractivity contribution in [1.82, 2.24) is 10.4 Å². The van der Waals surface area contributed by atoms with Gasteiger partial charge in [0.2, 0.25) is 0 Å². The summed E-state index contributed by atoms with van der Waals surface area (Å²) < 4.78 is 0. The van der Waals surface area contributed by atoms with Gasteiger partial charge in [-0.3, -0.25) is 14.9 Å². The molecule has 2 N–H and O–H groups in total. The Hall–Kier alpha value is -4.11. The first-order valence-electron chi connectivity index (χ1n) is 8.78. The number of thiophene rings is 1. The average molecular weight is 418 g/mol. The van der Waals surface area contributed by atoms with E-state index in [0.717, 1.165) is 11.3 Å². The van der Waals surface area contributed by atoms with Crippen LogP contribution in [0.15, 0.2) is 71.8 Å². The molecule has 9 heteroatoms. The molecule has 4 aromatic rings. The number of pyridine rings is 1. The minimum absolute atomic E-state index is 0.00413. The molecule has 0 aliphatic carbocycles. The number of nitrogens with one attached hydrogen (secondary N) is 1. The van der Waals surface area contributed by atoms with Crippen LogP contribution < -0.4 is 5.43 Å². The molecule has 0 saturated heterocycles. The number of carbonyl (C=O) groups is 1. The Morgan fingerprint density at radius 3 is 2.63 bits per heavy atom. The number of hydrogen-bond donors (Lipinski definition) is 2. The highest BCUT2D eigenvalue weighted by Gasteiger charge is 2.17. The molecule has 0 fully saturated rings. The van der Waals surface area contributed by atoms with E-state index in [1.165, 1.54) is 24.4 Å². The Kier molecular flexibility index (Phi) is 5.19. The number of aromatic hydroxyl groups is 1. The summed E-state index contributed by atoms with van der Waals surface area (Å²) in [5.74, 6) is -0.295. The van der Waals surface area contributed by atoms with Crippen LogP contribution in [-0.2, 0) is 0 Å². The van der Waals surface area contributed by atoms with Crippen LogP contribution in [0.3, 0.4) is 0 Å².